The zero-order valence-corrected chi connectivity index (χ0v) is 15.1. The third-order valence-corrected chi connectivity index (χ3v) is 10.8. The van der Waals surface area contributed by atoms with Crippen LogP contribution >= 0.6 is 46.0 Å². The summed E-state index contributed by atoms with van der Waals surface area (Å²) in [5, 5.41) is 3.26. The standard InChI is InChI=1S/C6H12Cl2N3O9P3/c7-6(8,22(14,15)16)23(17,18)20-21(12,13)3-5-4(10-11-9)1-2-19-5/h4-5H,1-3H2,(H,12,13)(H,17,18)(H2,14,15,16)/t4-,5-/m1/s1/i2T/t2-,4+,5+/m0. The Morgan fingerprint density at radius 3 is 2.43 bits per heavy atom. The number of nitrogens with zero attached hydrogens (tertiary/aromatic N) is 3. The van der Waals surface area contributed by atoms with Crippen LogP contribution in [0.1, 0.15) is 7.79 Å². The predicted molar refractivity (Wildman–Crippen MR) is 79.4 cm³/mol. The van der Waals surface area contributed by atoms with Gasteiger partial charge in [-0.1, -0.05) is 28.3 Å². The van der Waals surface area contributed by atoms with Crippen LogP contribution in [0, 0.1) is 0 Å². The van der Waals surface area contributed by atoms with Crippen molar-refractivity contribution in [3.8, 4) is 0 Å². The highest BCUT2D eigenvalue weighted by Gasteiger charge is 2.62. The van der Waals surface area contributed by atoms with E-state index in [4.69, 9.17) is 44.6 Å². The lowest BCUT2D eigenvalue weighted by atomic mass is 10.2. The molecule has 5 atom stereocenters. The first kappa shape index (κ1) is 19.7. The van der Waals surface area contributed by atoms with Crippen molar-refractivity contribution in [3.05, 3.63) is 10.4 Å². The summed E-state index contributed by atoms with van der Waals surface area (Å²) in [5.74, 6) is 0. The Hall–Kier alpha value is 0.340. The topological polar surface area (TPSA) is 199 Å². The normalized spacial score (nSPS) is 31.6. The van der Waals surface area contributed by atoms with Crippen LogP contribution in [0.3, 0.4) is 0 Å². The highest BCUT2D eigenvalue weighted by atomic mass is 35.5. The van der Waals surface area contributed by atoms with E-state index in [9.17, 15) is 23.5 Å². The minimum absolute atomic E-state index is 0.0943. The number of alkyl halides is 2. The fourth-order valence-corrected chi connectivity index (χ4v) is 6.55. The lowest BCUT2D eigenvalue weighted by Crippen LogP contribution is -2.24. The van der Waals surface area contributed by atoms with E-state index in [-0.39, 0.29) is 6.42 Å². The summed E-state index contributed by atoms with van der Waals surface area (Å²) >= 11 is 10.3. The molecule has 1 rings (SSSR count). The molecular weight excluding hydrogens is 422 g/mol. The van der Waals surface area contributed by atoms with Gasteiger partial charge in [0.25, 0.3) is 0 Å². The summed E-state index contributed by atoms with van der Waals surface area (Å²) in [7, 11) is -16.3. The number of hydrogen-bond donors (Lipinski definition) is 4. The second kappa shape index (κ2) is 7.30. The van der Waals surface area contributed by atoms with E-state index in [2.05, 4.69) is 14.3 Å². The molecule has 0 spiro atoms. The van der Waals surface area contributed by atoms with Gasteiger partial charge >= 0.3 is 26.6 Å². The maximum absolute atomic E-state index is 12.0. The summed E-state index contributed by atoms with van der Waals surface area (Å²) in [5.41, 5.74) is 8.38. The monoisotopic (exact) mass is 435 g/mol. The van der Waals surface area contributed by atoms with E-state index in [0.717, 1.165) is 0 Å². The Kier molecular flexibility index (Phi) is 6.24. The first-order chi connectivity index (χ1) is 10.6. The van der Waals surface area contributed by atoms with E-state index in [0.29, 0.717) is 0 Å². The van der Waals surface area contributed by atoms with Crippen molar-refractivity contribution in [2.75, 3.05) is 12.7 Å². The van der Waals surface area contributed by atoms with E-state index in [1.54, 1.807) is 0 Å². The molecule has 0 amide bonds. The second-order valence-electron chi connectivity index (χ2n) is 4.32. The third kappa shape index (κ3) is 5.16. The Bertz CT molecular complexity index is 681. The van der Waals surface area contributed by atoms with Crippen LogP contribution in [-0.4, -0.2) is 48.3 Å². The number of rotatable bonds is 7. The molecule has 0 aromatic heterocycles. The SMILES string of the molecule is [3H][C@H]1C[C@@H](N=[N+]=[N-])[C@@H](CP(=O)(O)OP(=O)(O)C(Cl)(Cl)P(=O)(O)O)O1. The Labute approximate surface area is 140 Å². The van der Waals surface area contributed by atoms with Crippen molar-refractivity contribution in [2.24, 2.45) is 5.11 Å². The van der Waals surface area contributed by atoms with Crippen LogP contribution in [0.2, 0.25) is 0 Å². The van der Waals surface area contributed by atoms with Crippen molar-refractivity contribution in [1.29, 1.82) is 0 Å². The van der Waals surface area contributed by atoms with E-state index in [1.807, 2.05) is 0 Å². The number of azide groups is 1. The molecule has 0 bridgehead atoms. The quantitative estimate of drug-likeness (QED) is 0.152. The highest BCUT2D eigenvalue weighted by Crippen LogP contribution is 2.79. The fraction of sp³-hybridized carbons (Fsp3) is 1.00. The molecule has 1 aliphatic rings. The van der Waals surface area contributed by atoms with Crippen LogP contribution in [0.25, 0.3) is 10.4 Å². The summed E-state index contributed by atoms with van der Waals surface area (Å²) in [6.45, 7) is -1.17. The van der Waals surface area contributed by atoms with Crippen LogP contribution in [0.15, 0.2) is 5.11 Å². The third-order valence-electron chi connectivity index (χ3n) is 2.58. The van der Waals surface area contributed by atoms with Crippen molar-refractivity contribution in [2.45, 2.75) is 22.4 Å². The highest BCUT2D eigenvalue weighted by molar-refractivity contribution is 7.81. The van der Waals surface area contributed by atoms with Crippen molar-refractivity contribution >= 4 is 46.0 Å². The van der Waals surface area contributed by atoms with Gasteiger partial charge in [-0.25, -0.2) is 4.31 Å². The Morgan fingerprint density at radius 2 is 1.96 bits per heavy atom. The van der Waals surface area contributed by atoms with Gasteiger partial charge in [0.15, 0.2) is 0 Å². The van der Waals surface area contributed by atoms with Gasteiger partial charge in [-0.2, -0.15) is 0 Å². The van der Waals surface area contributed by atoms with Crippen molar-refractivity contribution in [3.63, 3.8) is 0 Å². The predicted octanol–water partition coefficient (Wildman–Crippen LogP) is 2.11. The maximum Gasteiger partial charge on any atom is 0.383 e. The molecule has 23 heavy (non-hydrogen) atoms. The van der Waals surface area contributed by atoms with Gasteiger partial charge in [-0.3, -0.25) is 13.7 Å². The zero-order valence-electron chi connectivity index (χ0n) is 11.9. The first-order valence-electron chi connectivity index (χ1n) is 6.12. The molecule has 1 saturated heterocycles. The number of ether oxygens (including phenoxy) is 1. The van der Waals surface area contributed by atoms with Crippen LogP contribution in [-0.2, 0) is 22.7 Å². The van der Waals surface area contributed by atoms with Gasteiger partial charge in [0.05, 0.1) is 19.7 Å². The van der Waals surface area contributed by atoms with Crippen molar-refractivity contribution < 1.29 is 43.7 Å². The molecule has 0 aliphatic carbocycles. The second-order valence-corrected chi connectivity index (χ2v) is 12.8. The number of hydrogen-bond acceptors (Lipinski definition) is 6. The molecule has 0 aromatic carbocycles. The maximum atomic E-state index is 12.0. The van der Waals surface area contributed by atoms with Crippen LogP contribution < -0.4 is 0 Å². The molecular formula is C6H12Cl2N3O9P3. The minimum atomic E-state index is -5.70. The Morgan fingerprint density at radius 1 is 1.39 bits per heavy atom. The molecule has 0 radical (unpaired) electrons. The molecule has 1 heterocycles. The van der Waals surface area contributed by atoms with Gasteiger partial charge in [-0.05, 0) is 12.0 Å². The zero-order chi connectivity index (χ0) is 19.0. The minimum Gasteiger partial charge on any atom is -0.377 e. The van der Waals surface area contributed by atoms with Gasteiger partial charge in [0.1, 0.15) is 0 Å². The summed E-state index contributed by atoms with van der Waals surface area (Å²) in [6, 6.07) is -1.02. The van der Waals surface area contributed by atoms with Crippen LogP contribution in [0.5, 0.6) is 0 Å². The molecule has 134 valence electrons. The largest absolute Gasteiger partial charge is 0.383 e. The molecule has 1 fully saturated rings. The molecule has 0 aromatic rings. The lowest BCUT2D eigenvalue weighted by molar-refractivity contribution is 0.117. The summed E-state index contributed by atoms with van der Waals surface area (Å²) in [4.78, 5) is 39.4. The lowest BCUT2D eigenvalue weighted by Gasteiger charge is -2.27. The van der Waals surface area contributed by atoms with Crippen LogP contribution in [0.4, 0.5) is 0 Å². The van der Waals surface area contributed by atoms with E-state index in [1.165, 1.54) is 0 Å². The van der Waals surface area contributed by atoms with Gasteiger partial charge < -0.3 is 24.3 Å². The first-order valence-corrected chi connectivity index (χ1v) is 11.3. The van der Waals surface area contributed by atoms with Crippen molar-refractivity contribution in [1.82, 2.24) is 0 Å². The molecule has 1 aliphatic heterocycles. The van der Waals surface area contributed by atoms with E-state index >= 15 is 0 Å². The van der Waals surface area contributed by atoms with Gasteiger partial charge in [0.2, 0.25) is 0 Å². The molecule has 4 N–H and O–H groups in total. The molecule has 0 saturated carbocycles. The van der Waals surface area contributed by atoms with E-state index < -0.39 is 51.5 Å². The van der Waals surface area contributed by atoms with Gasteiger partial charge in [-0.15, -0.1) is 0 Å². The molecule has 17 heteroatoms. The molecule has 2 unspecified atom stereocenters. The average molecular weight is 436 g/mol. The Balaban J connectivity index is 2.97. The molecule has 12 nitrogen and oxygen atoms in total. The summed E-state index contributed by atoms with van der Waals surface area (Å²) < 4.78 is 47.5. The average Bonchev–Trinajstić information content (AvgIpc) is 2.65. The fourth-order valence-electron chi connectivity index (χ4n) is 1.52. The van der Waals surface area contributed by atoms with Gasteiger partial charge in [0, 0.05) is 11.5 Å². The number of halogens is 2. The smallest absolute Gasteiger partial charge is 0.377 e. The summed E-state index contributed by atoms with van der Waals surface area (Å²) in [6.07, 6.45) is -2.39.